The molecule has 5 nitrogen and oxygen atoms in total. The van der Waals surface area contributed by atoms with Gasteiger partial charge in [-0.2, -0.15) is 0 Å². The second-order valence-electron chi connectivity index (χ2n) is 6.57. The molecule has 0 bridgehead atoms. The first-order valence-corrected chi connectivity index (χ1v) is 8.90. The number of ether oxygens (including phenoxy) is 2. The third-order valence-electron chi connectivity index (χ3n) is 5.00. The van der Waals surface area contributed by atoms with E-state index in [2.05, 4.69) is 17.2 Å². The Morgan fingerprint density at radius 1 is 1.12 bits per heavy atom. The van der Waals surface area contributed by atoms with E-state index in [-0.39, 0.29) is 0 Å². The van der Waals surface area contributed by atoms with Crippen molar-refractivity contribution in [2.24, 2.45) is 22.6 Å². The molecule has 0 atom stereocenters. The Kier molecular flexibility index (Phi) is 7.22. The molecular weight excluding hydrogens is 302 g/mol. The highest BCUT2D eigenvalue weighted by Gasteiger charge is 2.19. The van der Waals surface area contributed by atoms with Crippen molar-refractivity contribution in [3.8, 4) is 11.5 Å². The molecule has 0 radical (unpaired) electrons. The zero-order chi connectivity index (χ0) is 17.4. The molecular formula is C19H31N3O2. The van der Waals surface area contributed by atoms with Crippen LogP contribution in [0.2, 0.25) is 0 Å². The number of rotatable bonds is 7. The van der Waals surface area contributed by atoms with Gasteiger partial charge in [0.05, 0.1) is 20.8 Å². The van der Waals surface area contributed by atoms with Gasteiger partial charge < -0.3 is 20.5 Å². The van der Waals surface area contributed by atoms with Crippen molar-refractivity contribution in [2.75, 3.05) is 20.8 Å². The van der Waals surface area contributed by atoms with Gasteiger partial charge in [0.2, 0.25) is 0 Å². The fourth-order valence-electron chi connectivity index (χ4n) is 3.30. The number of guanidine groups is 1. The van der Waals surface area contributed by atoms with Crippen molar-refractivity contribution in [3.63, 3.8) is 0 Å². The lowest BCUT2D eigenvalue weighted by atomic mass is 9.81. The lowest BCUT2D eigenvalue weighted by Crippen LogP contribution is -2.36. The third-order valence-corrected chi connectivity index (χ3v) is 5.00. The Morgan fingerprint density at radius 3 is 2.42 bits per heavy atom. The molecule has 0 aromatic heterocycles. The Morgan fingerprint density at radius 2 is 1.79 bits per heavy atom. The lowest BCUT2D eigenvalue weighted by molar-refractivity contribution is 0.269. The van der Waals surface area contributed by atoms with E-state index in [1.807, 2.05) is 18.2 Å². The normalized spacial score (nSPS) is 21.4. The van der Waals surface area contributed by atoms with Crippen molar-refractivity contribution in [2.45, 2.75) is 45.6 Å². The van der Waals surface area contributed by atoms with Gasteiger partial charge in [-0.3, -0.25) is 0 Å². The summed E-state index contributed by atoms with van der Waals surface area (Å²) in [7, 11) is 3.26. The van der Waals surface area contributed by atoms with Crippen LogP contribution >= 0.6 is 0 Å². The number of benzene rings is 1. The maximum absolute atomic E-state index is 6.00. The number of nitrogens with one attached hydrogen (secondary N) is 1. The van der Waals surface area contributed by atoms with Gasteiger partial charge >= 0.3 is 0 Å². The molecule has 0 spiro atoms. The van der Waals surface area contributed by atoms with Crippen LogP contribution in [0.4, 0.5) is 0 Å². The lowest BCUT2D eigenvalue weighted by Gasteiger charge is -2.27. The molecule has 1 saturated carbocycles. The summed E-state index contributed by atoms with van der Waals surface area (Å²) in [4.78, 5) is 4.43. The van der Waals surface area contributed by atoms with Gasteiger partial charge in [-0.25, -0.2) is 4.99 Å². The van der Waals surface area contributed by atoms with E-state index in [1.54, 1.807) is 14.2 Å². The molecule has 0 heterocycles. The number of nitrogens with zero attached hydrogens (tertiary/aromatic N) is 1. The maximum Gasteiger partial charge on any atom is 0.188 e. The summed E-state index contributed by atoms with van der Waals surface area (Å²) in [6, 6.07) is 5.80. The first kappa shape index (κ1) is 18.4. The van der Waals surface area contributed by atoms with E-state index in [0.717, 1.165) is 29.7 Å². The number of methoxy groups -OCH3 is 2. The largest absolute Gasteiger partial charge is 0.493 e. The molecule has 1 aliphatic carbocycles. The SMILES string of the molecule is CCC1CCC(CNC(N)=NCc2ccc(OC)c(OC)c2)CC1. The number of aliphatic imine (C=N–C) groups is 1. The molecule has 0 unspecified atom stereocenters. The summed E-state index contributed by atoms with van der Waals surface area (Å²) < 4.78 is 10.5. The Hall–Kier alpha value is -1.91. The second-order valence-corrected chi connectivity index (χ2v) is 6.57. The standard InChI is InChI=1S/C19H31N3O2/c1-4-14-5-7-15(8-6-14)12-21-19(20)22-13-16-9-10-17(23-2)18(11-16)24-3/h9-11,14-15H,4-8,12-13H2,1-3H3,(H3,20,21,22). The minimum Gasteiger partial charge on any atom is -0.493 e. The molecule has 3 N–H and O–H groups in total. The summed E-state index contributed by atoms with van der Waals surface area (Å²) in [6.45, 7) is 3.75. The van der Waals surface area contributed by atoms with Gasteiger partial charge in [-0.15, -0.1) is 0 Å². The van der Waals surface area contributed by atoms with E-state index in [4.69, 9.17) is 15.2 Å². The monoisotopic (exact) mass is 333 g/mol. The van der Waals surface area contributed by atoms with E-state index in [0.29, 0.717) is 18.3 Å². The molecule has 24 heavy (non-hydrogen) atoms. The highest BCUT2D eigenvalue weighted by Crippen LogP contribution is 2.30. The van der Waals surface area contributed by atoms with Crippen molar-refractivity contribution in [1.29, 1.82) is 0 Å². The van der Waals surface area contributed by atoms with Gasteiger partial charge in [0, 0.05) is 6.54 Å². The van der Waals surface area contributed by atoms with Gasteiger partial charge in [0.1, 0.15) is 0 Å². The smallest absolute Gasteiger partial charge is 0.188 e. The summed E-state index contributed by atoms with van der Waals surface area (Å²) in [5.74, 6) is 3.60. The van der Waals surface area contributed by atoms with Crippen LogP contribution < -0.4 is 20.5 Å². The fourth-order valence-corrected chi connectivity index (χ4v) is 3.30. The number of hydrogen-bond acceptors (Lipinski definition) is 3. The average Bonchev–Trinajstić information content (AvgIpc) is 2.64. The third kappa shape index (κ3) is 5.32. The second kappa shape index (κ2) is 9.40. The van der Waals surface area contributed by atoms with Gasteiger partial charge in [-0.05, 0) is 42.4 Å². The van der Waals surface area contributed by atoms with E-state index < -0.39 is 0 Å². The predicted octanol–water partition coefficient (Wildman–Crippen LogP) is 3.32. The number of nitrogens with two attached hydrogens (primary N) is 1. The molecule has 1 fully saturated rings. The van der Waals surface area contributed by atoms with Gasteiger partial charge in [-0.1, -0.05) is 32.3 Å². The first-order valence-electron chi connectivity index (χ1n) is 8.90. The van der Waals surface area contributed by atoms with Crippen molar-refractivity contribution in [1.82, 2.24) is 5.32 Å². The molecule has 0 saturated heterocycles. The first-order chi connectivity index (χ1) is 11.7. The molecule has 5 heteroatoms. The topological polar surface area (TPSA) is 68.9 Å². The van der Waals surface area contributed by atoms with Crippen LogP contribution in [-0.2, 0) is 6.54 Å². The Bertz CT molecular complexity index is 537. The van der Waals surface area contributed by atoms with Crippen LogP contribution in [0.3, 0.4) is 0 Å². The van der Waals surface area contributed by atoms with Crippen molar-refractivity contribution < 1.29 is 9.47 Å². The van der Waals surface area contributed by atoms with Crippen LogP contribution in [0.5, 0.6) is 11.5 Å². The molecule has 2 rings (SSSR count). The van der Waals surface area contributed by atoms with E-state index in [1.165, 1.54) is 32.1 Å². The minimum absolute atomic E-state index is 0.516. The summed E-state index contributed by atoms with van der Waals surface area (Å²) in [5.41, 5.74) is 7.04. The molecule has 1 aromatic carbocycles. The molecule has 1 aromatic rings. The quantitative estimate of drug-likeness (QED) is 0.593. The van der Waals surface area contributed by atoms with Crippen molar-refractivity contribution in [3.05, 3.63) is 23.8 Å². The summed E-state index contributed by atoms with van der Waals surface area (Å²) in [6.07, 6.45) is 6.62. The van der Waals surface area contributed by atoms with Crippen LogP contribution in [-0.4, -0.2) is 26.7 Å². The summed E-state index contributed by atoms with van der Waals surface area (Å²) in [5, 5.41) is 3.28. The fraction of sp³-hybridized carbons (Fsp3) is 0.632. The van der Waals surface area contributed by atoms with Crippen LogP contribution in [0, 0.1) is 11.8 Å². The highest BCUT2D eigenvalue weighted by atomic mass is 16.5. The van der Waals surface area contributed by atoms with Crippen LogP contribution in [0.25, 0.3) is 0 Å². The van der Waals surface area contributed by atoms with Gasteiger partial charge in [0.15, 0.2) is 17.5 Å². The number of hydrogen-bond donors (Lipinski definition) is 2. The van der Waals surface area contributed by atoms with Crippen LogP contribution in [0.1, 0.15) is 44.6 Å². The molecule has 1 aliphatic rings. The zero-order valence-corrected chi connectivity index (χ0v) is 15.2. The van der Waals surface area contributed by atoms with E-state index in [9.17, 15) is 0 Å². The van der Waals surface area contributed by atoms with Crippen molar-refractivity contribution >= 4 is 5.96 Å². The van der Waals surface area contributed by atoms with Gasteiger partial charge in [0.25, 0.3) is 0 Å². The molecule has 0 aliphatic heterocycles. The Labute approximate surface area is 145 Å². The zero-order valence-electron chi connectivity index (χ0n) is 15.2. The molecule has 0 amide bonds. The Balaban J connectivity index is 1.79. The summed E-state index contributed by atoms with van der Waals surface area (Å²) >= 11 is 0. The maximum atomic E-state index is 6.00. The average molecular weight is 333 g/mol. The minimum atomic E-state index is 0.516. The molecule has 134 valence electrons. The van der Waals surface area contributed by atoms with Crippen LogP contribution in [0.15, 0.2) is 23.2 Å². The predicted molar refractivity (Wildman–Crippen MR) is 98.6 cm³/mol. The highest BCUT2D eigenvalue weighted by molar-refractivity contribution is 5.77. The van der Waals surface area contributed by atoms with E-state index >= 15 is 0 Å².